The third kappa shape index (κ3) is 6.05. The first-order valence-electron chi connectivity index (χ1n) is 25.2. The van der Waals surface area contributed by atoms with Gasteiger partial charge in [-0.15, -0.1) is 34.4 Å². The second kappa shape index (κ2) is 15.5. The summed E-state index contributed by atoms with van der Waals surface area (Å²) in [6.45, 7) is 2.37. The Labute approximate surface area is 424 Å². The van der Waals surface area contributed by atoms with Gasteiger partial charge in [-0.1, -0.05) is 127 Å². The molecule has 6 aromatic carbocycles. The molecule has 0 radical (unpaired) electrons. The Morgan fingerprint density at radius 3 is 2.45 bits per heavy atom. The van der Waals surface area contributed by atoms with Crippen LogP contribution in [0.3, 0.4) is 0 Å². The molecule has 4 atom stereocenters. The van der Waals surface area contributed by atoms with Gasteiger partial charge in [0.1, 0.15) is 11.9 Å². The third-order valence-corrected chi connectivity index (χ3v) is 20.0. The van der Waals surface area contributed by atoms with E-state index < -0.39 is 0 Å². The maximum Gasteiger partial charge on any atom is 0.129 e. The van der Waals surface area contributed by atoms with E-state index in [4.69, 9.17) is 9.73 Å². The lowest BCUT2D eigenvalue weighted by Crippen LogP contribution is -2.28. The molecule has 0 bridgehead atoms. The van der Waals surface area contributed by atoms with E-state index in [0.717, 1.165) is 43.6 Å². The maximum absolute atomic E-state index is 6.65. The summed E-state index contributed by atoms with van der Waals surface area (Å²) in [6, 6.07) is 47.8. The van der Waals surface area contributed by atoms with Gasteiger partial charge in [0.2, 0.25) is 0 Å². The molecule has 3 aliphatic heterocycles. The highest BCUT2D eigenvalue weighted by Crippen LogP contribution is 2.53. The number of rotatable bonds is 5. The van der Waals surface area contributed by atoms with Crippen molar-refractivity contribution in [2.45, 2.75) is 67.2 Å². The fourth-order valence-electron chi connectivity index (χ4n) is 13.2. The number of benzene rings is 6. The van der Waals surface area contributed by atoms with Crippen LogP contribution in [0.1, 0.15) is 71.7 Å². The minimum absolute atomic E-state index is 0.00131. The molecular formula is C65H46N2OS3. The molecule has 71 heavy (non-hydrogen) atoms. The van der Waals surface area contributed by atoms with Gasteiger partial charge in [-0.25, -0.2) is 0 Å². The molecule has 4 aliphatic carbocycles. The molecule has 340 valence electrons. The molecule has 0 N–H and O–H groups in total. The Balaban J connectivity index is 0.832. The van der Waals surface area contributed by atoms with Crippen LogP contribution >= 0.6 is 34.4 Å². The van der Waals surface area contributed by atoms with Crippen molar-refractivity contribution in [1.82, 2.24) is 4.57 Å². The molecule has 6 heterocycles. The monoisotopic (exact) mass is 966 g/mol. The van der Waals surface area contributed by atoms with Crippen LogP contribution in [-0.4, -0.2) is 21.6 Å². The van der Waals surface area contributed by atoms with Gasteiger partial charge < -0.3 is 9.30 Å². The predicted molar refractivity (Wildman–Crippen MR) is 302 cm³/mol. The van der Waals surface area contributed by atoms with Gasteiger partial charge in [0.05, 0.1) is 22.8 Å². The number of aliphatic imine (C=N–C) groups is 1. The van der Waals surface area contributed by atoms with Crippen molar-refractivity contribution in [3.8, 4) is 16.9 Å². The largest absolute Gasteiger partial charge is 0.485 e. The molecule has 16 rings (SSSR count). The van der Waals surface area contributed by atoms with Crippen LogP contribution in [0.5, 0.6) is 5.75 Å². The number of dihydropyridines is 1. The summed E-state index contributed by atoms with van der Waals surface area (Å²) in [6.07, 6.45) is 23.7. The second-order valence-corrected chi connectivity index (χ2v) is 23.6. The first-order chi connectivity index (χ1) is 35.1. The van der Waals surface area contributed by atoms with Crippen LogP contribution in [0, 0.1) is 0 Å². The molecule has 3 aromatic heterocycles. The summed E-state index contributed by atoms with van der Waals surface area (Å²) in [4.78, 5) is 8.77. The van der Waals surface area contributed by atoms with Gasteiger partial charge in [0.15, 0.2) is 0 Å². The number of hydrogen-bond donors (Lipinski definition) is 0. The summed E-state index contributed by atoms with van der Waals surface area (Å²) >= 11 is 5.94. The number of aromatic nitrogens is 1. The Morgan fingerprint density at radius 1 is 0.732 bits per heavy atom. The van der Waals surface area contributed by atoms with E-state index in [9.17, 15) is 0 Å². The van der Waals surface area contributed by atoms with Gasteiger partial charge >= 0.3 is 0 Å². The van der Waals surface area contributed by atoms with Gasteiger partial charge in [-0.2, -0.15) is 0 Å². The normalized spacial score (nSPS) is 21.6. The second-order valence-electron chi connectivity index (χ2n) is 20.1. The average Bonchev–Trinajstić information content (AvgIpc) is 4.27. The number of thioether (sulfide) groups is 1. The summed E-state index contributed by atoms with van der Waals surface area (Å²) in [5.74, 6) is 1.34. The number of hydrogen-bond acceptors (Lipinski definition) is 5. The van der Waals surface area contributed by atoms with Crippen molar-refractivity contribution in [2.24, 2.45) is 4.99 Å². The SMILES string of the molecule is CC1=C(C2=c3c(sc4ccc(-c5ccc6c7c(sc6c5)CC(n5c6ccccc6c6ccccc65)=C7)cc34)=CCC2)CC(c2cccc3c2C2C=CC=CC2S3)N=C1C1=C2c3ccccc3OC2CC=C1. The molecule has 6 heteroatoms. The molecule has 3 nitrogen and oxygen atoms in total. The van der Waals surface area contributed by atoms with E-state index >= 15 is 0 Å². The summed E-state index contributed by atoms with van der Waals surface area (Å²) in [5.41, 5.74) is 19.8. The van der Waals surface area contributed by atoms with Gasteiger partial charge in [0, 0.05) is 96.9 Å². The zero-order valence-corrected chi connectivity index (χ0v) is 41.6. The minimum Gasteiger partial charge on any atom is -0.485 e. The Morgan fingerprint density at radius 2 is 1.55 bits per heavy atom. The number of thiophene rings is 2. The smallest absolute Gasteiger partial charge is 0.129 e. The Kier molecular flexibility index (Phi) is 8.90. The van der Waals surface area contributed by atoms with Crippen LogP contribution in [-0.2, 0) is 6.42 Å². The van der Waals surface area contributed by atoms with Crippen LogP contribution in [0.4, 0.5) is 0 Å². The first-order valence-corrected chi connectivity index (χ1v) is 27.7. The predicted octanol–water partition coefficient (Wildman–Crippen LogP) is 15.9. The average molecular weight is 967 g/mol. The van der Waals surface area contributed by atoms with Crippen molar-refractivity contribution in [3.05, 3.63) is 217 Å². The highest BCUT2D eigenvalue weighted by atomic mass is 32.2. The highest BCUT2D eigenvalue weighted by Gasteiger charge is 2.39. The van der Waals surface area contributed by atoms with Crippen molar-refractivity contribution in [3.63, 3.8) is 0 Å². The Bertz CT molecular complexity index is 4200. The topological polar surface area (TPSA) is 26.5 Å². The Hall–Kier alpha value is -6.96. The highest BCUT2D eigenvalue weighted by molar-refractivity contribution is 8.00. The van der Waals surface area contributed by atoms with E-state index in [1.165, 1.54) is 128 Å². The molecule has 4 unspecified atom stereocenters. The van der Waals surface area contributed by atoms with E-state index in [2.05, 4.69) is 187 Å². The summed E-state index contributed by atoms with van der Waals surface area (Å²) in [5, 5.41) is 7.22. The maximum atomic E-state index is 6.65. The number of fused-ring (bicyclic) bond motifs is 15. The lowest BCUT2D eigenvalue weighted by Gasteiger charge is -2.31. The van der Waals surface area contributed by atoms with Crippen LogP contribution < -0.4 is 14.5 Å². The lowest BCUT2D eigenvalue weighted by atomic mass is 9.78. The number of allylic oxidation sites excluding steroid dienone is 7. The molecule has 7 aliphatic rings. The molecule has 0 amide bonds. The quantitative estimate of drug-likeness (QED) is 0.172. The van der Waals surface area contributed by atoms with E-state index in [1.54, 1.807) is 0 Å². The number of nitrogens with zero attached hydrogens (tertiary/aromatic N) is 2. The molecule has 0 saturated carbocycles. The third-order valence-electron chi connectivity index (χ3n) is 16.3. The van der Waals surface area contributed by atoms with E-state index in [1.807, 2.05) is 34.4 Å². The summed E-state index contributed by atoms with van der Waals surface area (Å²) in [7, 11) is 0. The van der Waals surface area contributed by atoms with Crippen molar-refractivity contribution in [2.75, 3.05) is 0 Å². The molecule has 0 spiro atoms. The number of ether oxygens (including phenoxy) is 1. The van der Waals surface area contributed by atoms with Crippen LogP contribution in [0.2, 0.25) is 0 Å². The standard InChI is InChI=1S/C65H46N2OS3/c1-36-48(35-51(44-18-12-26-59-64(44)46-16-5-9-24-56(46)69-59)66-65(36)47-19-10-23-55-62(47)45-15-4-8-22-54(45)68-55)43-17-11-25-58-63(43)50-31-37(28-30-57(50)70-58)38-27-29-42-49-33-39(34-61(49)71-60(42)32-38)67-52-20-6-2-13-40(52)41-14-3-7-21-53(41)67/h2-10,12-16,18-22,24-33,46,51,55-56H,11,17,23,34-35H2,1H3. The zero-order valence-electron chi connectivity index (χ0n) is 39.1. The van der Waals surface area contributed by atoms with Gasteiger partial charge in [-0.3, -0.25) is 4.99 Å². The first kappa shape index (κ1) is 40.7. The minimum atomic E-state index is -0.00823. The molecule has 0 saturated heterocycles. The van der Waals surface area contributed by atoms with Crippen molar-refractivity contribution in [1.29, 1.82) is 0 Å². The zero-order chi connectivity index (χ0) is 46.5. The lowest BCUT2D eigenvalue weighted by molar-refractivity contribution is 0.278. The van der Waals surface area contributed by atoms with Crippen molar-refractivity contribution < 1.29 is 4.74 Å². The van der Waals surface area contributed by atoms with E-state index in [-0.39, 0.29) is 12.1 Å². The van der Waals surface area contributed by atoms with Gasteiger partial charge in [0.25, 0.3) is 0 Å². The molecule has 9 aromatic rings. The van der Waals surface area contributed by atoms with E-state index in [0.29, 0.717) is 11.2 Å². The van der Waals surface area contributed by atoms with Crippen molar-refractivity contribution >= 4 is 111 Å². The van der Waals surface area contributed by atoms with Gasteiger partial charge in [-0.05, 0) is 119 Å². The molecular weight excluding hydrogens is 921 g/mol. The fourth-order valence-corrected chi connectivity index (χ4v) is 17.0. The molecule has 0 fully saturated rings. The summed E-state index contributed by atoms with van der Waals surface area (Å²) < 4.78 is 13.3. The number of para-hydroxylation sites is 3. The van der Waals surface area contributed by atoms with Crippen LogP contribution in [0.15, 0.2) is 190 Å². The van der Waals surface area contributed by atoms with Crippen LogP contribution in [0.25, 0.3) is 82.1 Å². The fraction of sp³-hybridized carbons (Fsp3) is 0.154.